The molecule has 0 bridgehead atoms. The van der Waals surface area contributed by atoms with Crippen LogP contribution in [0.3, 0.4) is 0 Å². The lowest BCUT2D eigenvalue weighted by Crippen LogP contribution is -2.39. The minimum absolute atomic E-state index is 0.102. The molecule has 31 heavy (non-hydrogen) atoms. The molecule has 0 aliphatic rings. The Balaban J connectivity index is 1.83. The standard InChI is InChI=1S/C23H22ClN3O3S/c1-2-18-11-13-21(14-12-18)27(31(29,30)22-9-4-3-5-10-22)17-23(28)26-25-16-19-7-6-8-20(24)15-19/h3-16H,2,17H2,1H3,(H,26,28)/b25-16-. The maximum Gasteiger partial charge on any atom is 0.264 e. The van der Waals surface area contributed by atoms with E-state index in [9.17, 15) is 13.2 Å². The molecule has 3 aromatic rings. The van der Waals surface area contributed by atoms with Crippen molar-refractivity contribution >= 4 is 39.4 Å². The van der Waals surface area contributed by atoms with Crippen LogP contribution in [0.15, 0.2) is 88.9 Å². The molecule has 1 N–H and O–H groups in total. The molecule has 0 spiro atoms. The molecule has 0 aliphatic carbocycles. The number of hydrogen-bond donors (Lipinski definition) is 1. The number of sulfonamides is 1. The van der Waals surface area contributed by atoms with Gasteiger partial charge in [-0.3, -0.25) is 9.10 Å². The van der Waals surface area contributed by atoms with Crippen molar-refractivity contribution < 1.29 is 13.2 Å². The zero-order valence-electron chi connectivity index (χ0n) is 16.9. The first-order chi connectivity index (χ1) is 14.9. The van der Waals surface area contributed by atoms with Gasteiger partial charge in [-0.2, -0.15) is 5.10 Å². The van der Waals surface area contributed by atoms with E-state index in [1.165, 1.54) is 18.3 Å². The van der Waals surface area contributed by atoms with Gasteiger partial charge < -0.3 is 0 Å². The van der Waals surface area contributed by atoms with Gasteiger partial charge in [0.05, 0.1) is 16.8 Å². The number of rotatable bonds is 8. The number of halogens is 1. The third-order valence-corrected chi connectivity index (χ3v) is 6.53. The van der Waals surface area contributed by atoms with Crippen LogP contribution in [0.4, 0.5) is 5.69 Å². The summed E-state index contributed by atoms with van der Waals surface area (Å²) in [6.45, 7) is 1.59. The van der Waals surface area contributed by atoms with E-state index in [0.717, 1.165) is 16.3 Å². The highest BCUT2D eigenvalue weighted by Crippen LogP contribution is 2.24. The van der Waals surface area contributed by atoms with E-state index in [-0.39, 0.29) is 4.90 Å². The number of amides is 1. The highest BCUT2D eigenvalue weighted by molar-refractivity contribution is 7.92. The number of aryl methyl sites for hydroxylation is 1. The third-order valence-electron chi connectivity index (χ3n) is 4.50. The lowest BCUT2D eigenvalue weighted by molar-refractivity contribution is -0.119. The number of hydrogen-bond acceptors (Lipinski definition) is 4. The van der Waals surface area contributed by atoms with Gasteiger partial charge >= 0.3 is 0 Å². The van der Waals surface area contributed by atoms with Gasteiger partial charge in [0.25, 0.3) is 15.9 Å². The minimum Gasteiger partial charge on any atom is -0.271 e. The average Bonchev–Trinajstić information content (AvgIpc) is 2.78. The Morgan fingerprint density at radius 3 is 2.39 bits per heavy atom. The first-order valence-corrected chi connectivity index (χ1v) is 11.5. The normalized spacial score (nSPS) is 11.4. The summed E-state index contributed by atoms with van der Waals surface area (Å²) in [4.78, 5) is 12.6. The Labute approximate surface area is 187 Å². The summed E-state index contributed by atoms with van der Waals surface area (Å²) in [7, 11) is -3.95. The van der Waals surface area contributed by atoms with Crippen LogP contribution in [0.2, 0.25) is 5.02 Å². The van der Waals surface area contributed by atoms with Crippen LogP contribution in [0, 0.1) is 0 Å². The van der Waals surface area contributed by atoms with Gasteiger partial charge in [0.15, 0.2) is 0 Å². The molecule has 3 rings (SSSR count). The Kier molecular flexibility index (Phi) is 7.44. The minimum atomic E-state index is -3.95. The molecular weight excluding hydrogens is 434 g/mol. The van der Waals surface area contributed by atoms with E-state index in [1.807, 2.05) is 19.1 Å². The molecular formula is C23H22ClN3O3S. The summed E-state index contributed by atoms with van der Waals surface area (Å²) in [5.41, 5.74) is 4.55. The quantitative estimate of drug-likeness (QED) is 0.407. The van der Waals surface area contributed by atoms with E-state index >= 15 is 0 Å². The predicted molar refractivity (Wildman–Crippen MR) is 124 cm³/mol. The molecule has 160 valence electrons. The van der Waals surface area contributed by atoms with Gasteiger partial charge in [-0.05, 0) is 53.9 Å². The second-order valence-electron chi connectivity index (χ2n) is 6.69. The van der Waals surface area contributed by atoms with Crippen molar-refractivity contribution in [2.24, 2.45) is 5.10 Å². The monoisotopic (exact) mass is 455 g/mol. The van der Waals surface area contributed by atoms with Crippen molar-refractivity contribution in [2.45, 2.75) is 18.2 Å². The fourth-order valence-electron chi connectivity index (χ4n) is 2.86. The highest BCUT2D eigenvalue weighted by Gasteiger charge is 2.27. The maximum atomic E-state index is 13.2. The van der Waals surface area contributed by atoms with Gasteiger partial charge in [0.2, 0.25) is 0 Å². The summed E-state index contributed by atoms with van der Waals surface area (Å²) < 4.78 is 27.6. The molecule has 0 atom stereocenters. The zero-order chi connectivity index (χ0) is 22.3. The third kappa shape index (κ3) is 5.93. The van der Waals surface area contributed by atoms with Crippen molar-refractivity contribution in [3.63, 3.8) is 0 Å². The van der Waals surface area contributed by atoms with Crippen LogP contribution < -0.4 is 9.73 Å². The molecule has 0 aromatic heterocycles. The van der Waals surface area contributed by atoms with Crippen molar-refractivity contribution in [3.8, 4) is 0 Å². The van der Waals surface area contributed by atoms with E-state index < -0.39 is 22.5 Å². The lowest BCUT2D eigenvalue weighted by atomic mass is 10.1. The van der Waals surface area contributed by atoms with Crippen molar-refractivity contribution in [3.05, 3.63) is 95.0 Å². The second kappa shape index (κ2) is 10.2. The molecule has 0 unspecified atom stereocenters. The summed E-state index contributed by atoms with van der Waals surface area (Å²) in [5, 5.41) is 4.45. The van der Waals surface area contributed by atoms with E-state index in [0.29, 0.717) is 16.3 Å². The zero-order valence-corrected chi connectivity index (χ0v) is 18.5. The number of carbonyl (C=O) groups is 1. The van der Waals surface area contributed by atoms with E-state index in [4.69, 9.17) is 11.6 Å². The molecule has 0 saturated heterocycles. The van der Waals surface area contributed by atoms with Crippen LogP contribution >= 0.6 is 11.6 Å². The second-order valence-corrected chi connectivity index (χ2v) is 8.99. The maximum absolute atomic E-state index is 13.2. The van der Waals surface area contributed by atoms with Crippen LogP contribution in [-0.4, -0.2) is 27.1 Å². The van der Waals surface area contributed by atoms with Crippen molar-refractivity contribution in [1.29, 1.82) is 0 Å². The van der Waals surface area contributed by atoms with Crippen molar-refractivity contribution in [1.82, 2.24) is 5.43 Å². The van der Waals surface area contributed by atoms with Gasteiger partial charge in [0, 0.05) is 5.02 Å². The average molecular weight is 456 g/mol. The molecule has 8 heteroatoms. The number of benzene rings is 3. The number of carbonyl (C=O) groups excluding carboxylic acids is 1. The Bertz CT molecular complexity index is 1160. The summed E-state index contributed by atoms with van der Waals surface area (Å²) in [6.07, 6.45) is 2.26. The molecule has 0 radical (unpaired) electrons. The summed E-state index contributed by atoms with van der Waals surface area (Å²) in [6, 6.07) is 22.1. The Hall–Kier alpha value is -3.16. The summed E-state index contributed by atoms with van der Waals surface area (Å²) >= 11 is 5.93. The van der Waals surface area contributed by atoms with Crippen LogP contribution in [-0.2, 0) is 21.2 Å². The number of hydrazone groups is 1. The van der Waals surface area contributed by atoms with Gasteiger partial charge in [-0.1, -0.05) is 61.0 Å². The predicted octanol–water partition coefficient (Wildman–Crippen LogP) is 4.25. The van der Waals surface area contributed by atoms with Crippen LogP contribution in [0.5, 0.6) is 0 Å². The molecule has 6 nitrogen and oxygen atoms in total. The number of nitrogens with one attached hydrogen (secondary N) is 1. The Morgan fingerprint density at radius 2 is 1.74 bits per heavy atom. The highest BCUT2D eigenvalue weighted by atomic mass is 35.5. The molecule has 1 amide bonds. The molecule has 0 saturated carbocycles. The van der Waals surface area contributed by atoms with Crippen molar-refractivity contribution in [2.75, 3.05) is 10.8 Å². The molecule has 3 aromatic carbocycles. The number of anilines is 1. The van der Waals surface area contributed by atoms with Gasteiger partial charge in [0.1, 0.15) is 6.54 Å². The molecule has 0 fully saturated rings. The summed E-state index contributed by atoms with van der Waals surface area (Å²) in [5.74, 6) is -0.572. The van der Waals surface area contributed by atoms with Crippen LogP contribution in [0.1, 0.15) is 18.1 Å². The topological polar surface area (TPSA) is 78.8 Å². The van der Waals surface area contributed by atoms with Crippen LogP contribution in [0.25, 0.3) is 0 Å². The first kappa shape index (κ1) is 22.5. The Morgan fingerprint density at radius 1 is 1.03 bits per heavy atom. The fraction of sp³-hybridized carbons (Fsp3) is 0.130. The SMILES string of the molecule is CCc1ccc(N(CC(=O)N/N=C\c2cccc(Cl)c2)S(=O)(=O)c2ccccc2)cc1. The fourth-order valence-corrected chi connectivity index (χ4v) is 4.50. The smallest absolute Gasteiger partial charge is 0.264 e. The van der Waals surface area contributed by atoms with Gasteiger partial charge in [-0.15, -0.1) is 0 Å². The first-order valence-electron chi connectivity index (χ1n) is 9.64. The largest absolute Gasteiger partial charge is 0.271 e. The lowest BCUT2D eigenvalue weighted by Gasteiger charge is -2.24. The molecule has 0 heterocycles. The van der Waals surface area contributed by atoms with Gasteiger partial charge in [-0.25, -0.2) is 13.8 Å². The van der Waals surface area contributed by atoms with E-state index in [1.54, 1.807) is 54.6 Å². The van der Waals surface area contributed by atoms with E-state index in [2.05, 4.69) is 10.5 Å². The molecule has 0 aliphatic heterocycles. The number of nitrogens with zero attached hydrogens (tertiary/aromatic N) is 2.